The van der Waals surface area contributed by atoms with E-state index in [0.29, 0.717) is 55.1 Å². The van der Waals surface area contributed by atoms with Crippen molar-refractivity contribution in [2.75, 3.05) is 87.6 Å². The van der Waals surface area contributed by atoms with Crippen molar-refractivity contribution in [1.29, 1.82) is 0 Å². The minimum atomic E-state index is -0.650. The van der Waals surface area contributed by atoms with Gasteiger partial charge in [0.2, 0.25) is 5.91 Å². The van der Waals surface area contributed by atoms with Crippen LogP contribution in [0.4, 0.5) is 36.9 Å². The number of rotatable bonds is 14. The summed E-state index contributed by atoms with van der Waals surface area (Å²) in [6, 6.07) is 9.95. The third-order valence-electron chi connectivity index (χ3n) is 8.62. The van der Waals surface area contributed by atoms with Gasteiger partial charge in [0.25, 0.3) is 5.91 Å². The fourth-order valence-corrected chi connectivity index (χ4v) is 6.74. The lowest BCUT2D eigenvalue weighted by molar-refractivity contribution is -0.126. The number of hydrogen-bond acceptors (Lipinski definition) is 11. The molecule has 4 aromatic rings. The third-order valence-corrected chi connectivity index (χ3v) is 9.85. The van der Waals surface area contributed by atoms with Crippen LogP contribution in [0.3, 0.4) is 0 Å². The molecule has 2 fully saturated rings. The van der Waals surface area contributed by atoms with Crippen LogP contribution >= 0.6 is 22.9 Å². The van der Waals surface area contributed by atoms with E-state index in [1.807, 2.05) is 42.1 Å². The maximum atomic E-state index is 14.3. The Labute approximate surface area is 310 Å². The van der Waals surface area contributed by atoms with E-state index in [-0.39, 0.29) is 34.1 Å². The Morgan fingerprint density at radius 1 is 1.12 bits per heavy atom. The summed E-state index contributed by atoms with van der Waals surface area (Å²) in [4.78, 5) is 48.0. The van der Waals surface area contributed by atoms with E-state index in [1.165, 1.54) is 31.5 Å². The summed E-state index contributed by atoms with van der Waals surface area (Å²) in [6.45, 7) is 2.71. The molecule has 4 heterocycles. The van der Waals surface area contributed by atoms with Crippen molar-refractivity contribution in [1.82, 2.24) is 24.8 Å². The number of piperazine rings is 1. The molecule has 16 heteroatoms. The van der Waals surface area contributed by atoms with Gasteiger partial charge in [0.05, 0.1) is 35.4 Å². The molecular weight excluding hydrogens is 712 g/mol. The molecule has 2 aliphatic rings. The standard InChI is InChI=1S/C36H40ClF2N9O3S/c1-45(2)14-5-8-31(49)46-16-18-47(19-17-46)34-28(48(15-13-38)24-9-10-24)20-23(21-40-34)27-11-12-29(51-3)33(42-27)44-36-41-22-30(52-36)35(50)43-32-25(37)6-4-7-26(32)39/h4-8,11-12,20-22,24H,9-10,13-19H2,1-3H3,(H,43,50)(H,41,42,44)/b8-5+. The Bertz CT molecular complexity index is 1910. The molecule has 12 nitrogen and oxygen atoms in total. The smallest absolute Gasteiger partial charge is 0.267 e. The summed E-state index contributed by atoms with van der Waals surface area (Å²) < 4.78 is 33.7. The second-order valence-corrected chi connectivity index (χ2v) is 14.0. The van der Waals surface area contributed by atoms with Gasteiger partial charge in [-0.25, -0.2) is 23.7 Å². The van der Waals surface area contributed by atoms with Gasteiger partial charge in [0.15, 0.2) is 22.5 Å². The van der Waals surface area contributed by atoms with Gasteiger partial charge in [-0.3, -0.25) is 9.59 Å². The van der Waals surface area contributed by atoms with Gasteiger partial charge in [-0.2, -0.15) is 0 Å². The maximum absolute atomic E-state index is 14.3. The van der Waals surface area contributed by atoms with Crippen molar-refractivity contribution in [3.63, 3.8) is 0 Å². The van der Waals surface area contributed by atoms with Gasteiger partial charge < -0.3 is 35.0 Å². The predicted molar refractivity (Wildman–Crippen MR) is 202 cm³/mol. The molecule has 1 saturated carbocycles. The number of likely N-dealkylation sites (N-methyl/N-ethyl adjacent to an activating group) is 1. The SMILES string of the molecule is COc1ccc(-c2cnc(N3CCN(C(=O)/C=C/CN(C)C)CC3)c(N(CCF)C3CC3)c2)nc1Nc1ncc(C(=O)Nc2c(F)cccc2Cl)s1. The number of alkyl halides is 1. The van der Waals surface area contributed by atoms with Crippen LogP contribution in [0.1, 0.15) is 22.5 Å². The second-order valence-electron chi connectivity index (χ2n) is 12.6. The Hall–Kier alpha value is -4.86. The number of carbonyl (C=O) groups excluding carboxylic acids is 2. The molecule has 6 rings (SSSR count). The Balaban J connectivity index is 1.23. The van der Waals surface area contributed by atoms with Gasteiger partial charge in [-0.1, -0.05) is 35.1 Å². The monoisotopic (exact) mass is 751 g/mol. The van der Waals surface area contributed by atoms with Crippen LogP contribution in [0.15, 0.2) is 60.9 Å². The molecule has 3 aromatic heterocycles. The van der Waals surface area contributed by atoms with Crippen LogP contribution in [0, 0.1) is 5.82 Å². The molecule has 52 heavy (non-hydrogen) atoms. The first kappa shape index (κ1) is 36.9. The minimum absolute atomic E-state index is 0.0122. The number of carbonyl (C=O) groups is 2. The largest absolute Gasteiger partial charge is 0.493 e. The number of benzene rings is 1. The van der Waals surface area contributed by atoms with E-state index in [4.69, 9.17) is 26.3 Å². The Morgan fingerprint density at radius 3 is 2.60 bits per heavy atom. The molecule has 0 atom stereocenters. The summed E-state index contributed by atoms with van der Waals surface area (Å²) in [5.41, 5.74) is 2.01. The highest BCUT2D eigenvalue weighted by molar-refractivity contribution is 7.17. The summed E-state index contributed by atoms with van der Waals surface area (Å²) >= 11 is 7.12. The van der Waals surface area contributed by atoms with Crippen molar-refractivity contribution >= 4 is 62.9 Å². The van der Waals surface area contributed by atoms with Crippen molar-refractivity contribution in [3.05, 3.63) is 76.7 Å². The van der Waals surface area contributed by atoms with E-state index >= 15 is 0 Å². The van der Waals surface area contributed by atoms with Crippen LogP contribution in [0.5, 0.6) is 5.75 Å². The quantitative estimate of drug-likeness (QED) is 0.146. The number of anilines is 5. The average Bonchev–Trinajstić information content (AvgIpc) is 3.88. The second kappa shape index (κ2) is 16.7. The van der Waals surface area contributed by atoms with E-state index in [0.717, 1.165) is 41.2 Å². The van der Waals surface area contributed by atoms with Crippen molar-refractivity contribution in [3.8, 4) is 17.0 Å². The lowest BCUT2D eigenvalue weighted by atomic mass is 10.1. The van der Waals surface area contributed by atoms with E-state index in [2.05, 4.69) is 25.4 Å². The number of pyridine rings is 2. The number of ether oxygens (including phenoxy) is 1. The van der Waals surface area contributed by atoms with Gasteiger partial charge in [-0.05, 0) is 57.3 Å². The highest BCUT2D eigenvalue weighted by Gasteiger charge is 2.33. The number of thiazole rings is 1. The molecule has 2 N–H and O–H groups in total. The van der Waals surface area contributed by atoms with Gasteiger partial charge >= 0.3 is 0 Å². The fraction of sp³-hybridized carbons (Fsp3) is 0.361. The predicted octanol–water partition coefficient (Wildman–Crippen LogP) is 6.10. The minimum Gasteiger partial charge on any atom is -0.493 e. The zero-order valence-electron chi connectivity index (χ0n) is 29.1. The summed E-state index contributed by atoms with van der Waals surface area (Å²) in [6.07, 6.45) is 8.56. The van der Waals surface area contributed by atoms with Crippen LogP contribution in [-0.2, 0) is 4.79 Å². The number of para-hydroxylation sites is 1. The van der Waals surface area contributed by atoms with Crippen molar-refractivity contribution in [2.45, 2.75) is 18.9 Å². The van der Waals surface area contributed by atoms with Gasteiger partial charge in [-0.15, -0.1) is 0 Å². The van der Waals surface area contributed by atoms with Gasteiger partial charge in [0, 0.05) is 63.1 Å². The first-order chi connectivity index (χ1) is 25.1. The zero-order chi connectivity index (χ0) is 36.8. The lowest BCUT2D eigenvalue weighted by Gasteiger charge is -2.37. The van der Waals surface area contributed by atoms with Crippen LogP contribution in [-0.4, -0.2) is 110 Å². The highest BCUT2D eigenvalue weighted by atomic mass is 35.5. The summed E-state index contributed by atoms with van der Waals surface area (Å²) in [5, 5.41) is 6.08. The molecule has 0 spiro atoms. The maximum Gasteiger partial charge on any atom is 0.267 e. The molecular formula is C36H40ClF2N9O3S. The fourth-order valence-electron chi connectivity index (χ4n) is 5.82. The Kier molecular flexibility index (Phi) is 11.8. The first-order valence-corrected chi connectivity index (χ1v) is 18.1. The average molecular weight is 752 g/mol. The number of amides is 2. The van der Waals surface area contributed by atoms with Crippen molar-refractivity contribution < 1.29 is 23.1 Å². The number of nitrogens with zero attached hydrogens (tertiary/aromatic N) is 7. The number of halogens is 3. The number of hydrogen-bond donors (Lipinski definition) is 2. The molecule has 1 saturated heterocycles. The molecule has 274 valence electrons. The lowest BCUT2D eigenvalue weighted by Crippen LogP contribution is -2.49. The van der Waals surface area contributed by atoms with E-state index < -0.39 is 18.4 Å². The van der Waals surface area contributed by atoms with E-state index in [9.17, 15) is 18.4 Å². The third kappa shape index (κ3) is 8.77. The van der Waals surface area contributed by atoms with Crippen LogP contribution in [0.2, 0.25) is 5.02 Å². The van der Waals surface area contributed by atoms with Gasteiger partial charge in [0.1, 0.15) is 17.4 Å². The first-order valence-electron chi connectivity index (χ1n) is 16.9. The van der Waals surface area contributed by atoms with Crippen molar-refractivity contribution in [2.24, 2.45) is 0 Å². The topological polar surface area (TPSA) is 119 Å². The molecule has 1 aliphatic carbocycles. The molecule has 0 bridgehead atoms. The molecule has 0 radical (unpaired) electrons. The van der Waals surface area contributed by atoms with E-state index in [1.54, 1.807) is 18.3 Å². The number of methoxy groups -OCH3 is 1. The molecule has 1 aliphatic heterocycles. The molecule has 1 aromatic carbocycles. The van der Waals surface area contributed by atoms with Crippen LogP contribution < -0.4 is 25.2 Å². The molecule has 2 amide bonds. The summed E-state index contributed by atoms with van der Waals surface area (Å²) in [7, 11) is 5.43. The number of nitrogens with one attached hydrogen (secondary N) is 2. The Morgan fingerprint density at radius 2 is 1.90 bits per heavy atom. The summed E-state index contributed by atoms with van der Waals surface area (Å²) in [5.74, 6) is 0.311. The molecule has 0 unspecified atom stereocenters. The highest BCUT2D eigenvalue weighted by Crippen LogP contribution is 2.40. The normalized spacial score (nSPS) is 14.6. The number of aromatic nitrogens is 3. The zero-order valence-corrected chi connectivity index (χ0v) is 30.7. The van der Waals surface area contributed by atoms with Crippen LogP contribution in [0.25, 0.3) is 11.3 Å².